The first kappa shape index (κ1) is 21.5. The van der Waals surface area contributed by atoms with E-state index in [-0.39, 0.29) is 11.0 Å². The van der Waals surface area contributed by atoms with Gasteiger partial charge in [-0.05, 0) is 56.7 Å². The zero-order chi connectivity index (χ0) is 22.3. The van der Waals surface area contributed by atoms with Crippen molar-refractivity contribution in [1.82, 2.24) is 9.55 Å². The molecule has 0 atom stereocenters. The van der Waals surface area contributed by atoms with Gasteiger partial charge in [-0.1, -0.05) is 79.1 Å². The fraction of sp³-hybridized carbons (Fsp3) is 0.429. The Morgan fingerprint density at radius 3 is 2.59 bits per heavy atom. The molecule has 0 unspecified atom stereocenters. The molecule has 1 saturated carbocycles. The lowest BCUT2D eigenvalue weighted by atomic mass is 9.62. The van der Waals surface area contributed by atoms with Gasteiger partial charge in [-0.15, -0.1) is 0 Å². The van der Waals surface area contributed by atoms with E-state index in [4.69, 9.17) is 4.98 Å². The number of nitrogens with zero attached hydrogens (tertiary/aromatic N) is 2. The van der Waals surface area contributed by atoms with E-state index in [1.54, 1.807) is 11.8 Å². The lowest BCUT2D eigenvalue weighted by Crippen LogP contribution is -2.43. The number of hydrogen-bond donors (Lipinski definition) is 0. The van der Waals surface area contributed by atoms with Crippen molar-refractivity contribution in [2.45, 2.75) is 82.2 Å². The average molecular weight is 445 g/mol. The summed E-state index contributed by atoms with van der Waals surface area (Å²) >= 11 is 1.69. The standard InChI is InChI=1S/C28H32N2OS/c1-4-30-26(31)24-25(29-27(30)32-18-22-13-12-19(2)16-20(22)3)23-11-7-6-10-21(23)17-28(24)14-8-5-9-15-28/h6-7,10-13,16H,4-5,8-9,14-15,17-18H2,1-3H3. The molecule has 2 aliphatic carbocycles. The van der Waals surface area contributed by atoms with Crippen molar-refractivity contribution in [3.63, 3.8) is 0 Å². The van der Waals surface area contributed by atoms with Crippen molar-refractivity contribution in [2.24, 2.45) is 0 Å². The molecule has 1 fully saturated rings. The lowest BCUT2D eigenvalue weighted by Gasteiger charge is -2.42. The Labute approximate surface area is 195 Å². The number of rotatable bonds is 4. The number of hydrogen-bond acceptors (Lipinski definition) is 3. The Balaban J connectivity index is 1.63. The van der Waals surface area contributed by atoms with Crippen LogP contribution in [0.4, 0.5) is 0 Å². The van der Waals surface area contributed by atoms with E-state index in [9.17, 15) is 4.79 Å². The van der Waals surface area contributed by atoms with Gasteiger partial charge in [-0.25, -0.2) is 4.98 Å². The highest BCUT2D eigenvalue weighted by molar-refractivity contribution is 7.98. The van der Waals surface area contributed by atoms with E-state index < -0.39 is 0 Å². The fourth-order valence-corrected chi connectivity index (χ4v) is 6.89. The van der Waals surface area contributed by atoms with Crippen molar-refractivity contribution in [1.29, 1.82) is 0 Å². The van der Waals surface area contributed by atoms with Gasteiger partial charge >= 0.3 is 0 Å². The van der Waals surface area contributed by atoms with Gasteiger partial charge in [0, 0.05) is 23.3 Å². The van der Waals surface area contributed by atoms with Crippen LogP contribution in [0.1, 0.15) is 66.8 Å². The Morgan fingerprint density at radius 2 is 1.84 bits per heavy atom. The molecule has 166 valence electrons. The van der Waals surface area contributed by atoms with E-state index in [1.807, 2.05) is 4.57 Å². The van der Waals surface area contributed by atoms with Gasteiger partial charge in [-0.3, -0.25) is 9.36 Å². The first-order valence-corrected chi connectivity index (χ1v) is 12.9. The molecule has 0 radical (unpaired) electrons. The first-order valence-electron chi connectivity index (χ1n) is 11.9. The third-order valence-electron chi connectivity index (χ3n) is 7.45. The maximum Gasteiger partial charge on any atom is 0.258 e. The van der Waals surface area contributed by atoms with Crippen LogP contribution in [-0.2, 0) is 24.1 Å². The predicted octanol–water partition coefficient (Wildman–Crippen LogP) is 6.60. The molecular weight excluding hydrogens is 412 g/mol. The summed E-state index contributed by atoms with van der Waals surface area (Å²) in [5.74, 6) is 0.824. The van der Waals surface area contributed by atoms with E-state index >= 15 is 0 Å². The second-order valence-corrected chi connectivity index (χ2v) is 10.5. The van der Waals surface area contributed by atoms with Crippen LogP contribution < -0.4 is 5.56 Å². The van der Waals surface area contributed by atoms with E-state index in [2.05, 4.69) is 63.2 Å². The number of thioether (sulfide) groups is 1. The highest BCUT2D eigenvalue weighted by Crippen LogP contribution is 2.48. The van der Waals surface area contributed by atoms with Crippen molar-refractivity contribution in [3.05, 3.63) is 80.6 Å². The SMILES string of the molecule is CCn1c(SCc2ccc(C)cc2C)nc2c(c1=O)C1(CCCCC1)Cc1ccccc1-2. The Bertz CT molecular complexity index is 1220. The van der Waals surface area contributed by atoms with E-state index in [1.165, 1.54) is 41.5 Å². The second kappa shape index (κ2) is 8.55. The molecule has 2 aliphatic rings. The first-order chi connectivity index (χ1) is 15.5. The van der Waals surface area contributed by atoms with Crippen LogP contribution in [0.15, 0.2) is 52.4 Å². The van der Waals surface area contributed by atoms with Gasteiger partial charge in [0.1, 0.15) is 0 Å². The molecule has 0 bridgehead atoms. The van der Waals surface area contributed by atoms with Crippen molar-refractivity contribution < 1.29 is 0 Å². The zero-order valence-electron chi connectivity index (χ0n) is 19.4. The Kier molecular flexibility index (Phi) is 5.75. The largest absolute Gasteiger partial charge is 0.288 e. The van der Waals surface area contributed by atoms with Crippen LogP contribution in [-0.4, -0.2) is 9.55 Å². The minimum absolute atomic E-state index is 0.0420. The molecule has 3 nitrogen and oxygen atoms in total. The van der Waals surface area contributed by atoms with Crippen LogP contribution in [0.3, 0.4) is 0 Å². The van der Waals surface area contributed by atoms with Gasteiger partial charge < -0.3 is 0 Å². The Hall–Kier alpha value is -2.33. The maximum atomic E-state index is 14.0. The predicted molar refractivity (Wildman–Crippen MR) is 134 cm³/mol. The molecule has 0 N–H and O–H groups in total. The Morgan fingerprint density at radius 1 is 1.06 bits per heavy atom. The summed E-state index contributed by atoms with van der Waals surface area (Å²) in [7, 11) is 0. The third kappa shape index (κ3) is 3.63. The highest BCUT2D eigenvalue weighted by atomic mass is 32.2. The molecular formula is C28H32N2OS. The topological polar surface area (TPSA) is 34.9 Å². The van der Waals surface area contributed by atoms with Crippen molar-refractivity contribution >= 4 is 11.8 Å². The fourth-order valence-electron chi connectivity index (χ4n) is 5.76. The van der Waals surface area contributed by atoms with Crippen LogP contribution >= 0.6 is 11.8 Å². The maximum absolute atomic E-state index is 14.0. The zero-order valence-corrected chi connectivity index (χ0v) is 20.2. The number of benzene rings is 2. The molecule has 1 spiro atoms. The highest BCUT2D eigenvalue weighted by Gasteiger charge is 2.43. The normalized spacial score (nSPS) is 16.6. The van der Waals surface area contributed by atoms with Crippen LogP contribution in [0, 0.1) is 13.8 Å². The number of aryl methyl sites for hydroxylation is 2. The van der Waals surface area contributed by atoms with Gasteiger partial charge in [0.15, 0.2) is 5.16 Å². The minimum Gasteiger partial charge on any atom is -0.288 e. The summed E-state index contributed by atoms with van der Waals surface area (Å²) in [6, 6.07) is 15.2. The molecule has 0 saturated heterocycles. The summed E-state index contributed by atoms with van der Waals surface area (Å²) in [6.07, 6.45) is 6.87. The molecule has 0 amide bonds. The summed E-state index contributed by atoms with van der Waals surface area (Å²) in [5, 5.41) is 0.846. The summed E-state index contributed by atoms with van der Waals surface area (Å²) in [6.45, 7) is 7.02. The minimum atomic E-state index is -0.0420. The average Bonchev–Trinajstić information content (AvgIpc) is 2.79. The van der Waals surface area contributed by atoms with E-state index in [0.717, 1.165) is 47.0 Å². The molecule has 32 heavy (non-hydrogen) atoms. The molecule has 5 rings (SSSR count). The van der Waals surface area contributed by atoms with Gasteiger partial charge in [0.05, 0.1) is 11.3 Å². The summed E-state index contributed by atoms with van der Waals surface area (Å²) in [5.41, 5.74) is 8.49. The van der Waals surface area contributed by atoms with Gasteiger partial charge in [-0.2, -0.15) is 0 Å². The monoisotopic (exact) mass is 444 g/mol. The molecule has 1 aromatic heterocycles. The second-order valence-electron chi connectivity index (χ2n) is 9.56. The quantitative estimate of drug-likeness (QED) is 0.336. The van der Waals surface area contributed by atoms with Crippen molar-refractivity contribution in [2.75, 3.05) is 0 Å². The number of fused-ring (bicyclic) bond motifs is 4. The third-order valence-corrected chi connectivity index (χ3v) is 8.47. The van der Waals surface area contributed by atoms with Crippen molar-refractivity contribution in [3.8, 4) is 11.3 Å². The molecule has 0 aliphatic heterocycles. The van der Waals surface area contributed by atoms with Gasteiger partial charge in [0.25, 0.3) is 5.56 Å². The summed E-state index contributed by atoms with van der Waals surface area (Å²) in [4.78, 5) is 19.2. The van der Waals surface area contributed by atoms with E-state index in [0.29, 0.717) is 6.54 Å². The molecule has 1 heterocycles. The molecule has 2 aromatic carbocycles. The summed E-state index contributed by atoms with van der Waals surface area (Å²) < 4.78 is 1.93. The van der Waals surface area contributed by atoms with Gasteiger partial charge in [0.2, 0.25) is 0 Å². The number of aromatic nitrogens is 2. The molecule has 3 aromatic rings. The smallest absolute Gasteiger partial charge is 0.258 e. The van der Waals surface area contributed by atoms with Crippen LogP contribution in [0.2, 0.25) is 0 Å². The van der Waals surface area contributed by atoms with Crippen LogP contribution in [0.5, 0.6) is 0 Å². The lowest BCUT2D eigenvalue weighted by molar-refractivity contribution is 0.282. The molecule has 4 heteroatoms. The van der Waals surface area contributed by atoms with Crippen LogP contribution in [0.25, 0.3) is 11.3 Å².